The summed E-state index contributed by atoms with van der Waals surface area (Å²) in [4.78, 5) is 10.6. The molecule has 3 heterocycles. The van der Waals surface area contributed by atoms with Gasteiger partial charge in [0, 0.05) is 42.6 Å². The molecule has 0 unspecified atom stereocenters. The maximum atomic E-state index is 13.9. The van der Waals surface area contributed by atoms with Crippen LogP contribution in [-0.2, 0) is 5.41 Å². The number of rotatable bonds is 4. The maximum Gasteiger partial charge on any atom is 0.342 e. The first-order valence-corrected chi connectivity index (χ1v) is 11.7. The molecule has 0 radical (unpaired) electrons. The van der Waals surface area contributed by atoms with E-state index in [1.807, 2.05) is 39.8 Å². The topological polar surface area (TPSA) is 87.6 Å². The lowest BCUT2D eigenvalue weighted by atomic mass is 9.78. The molecule has 1 aliphatic heterocycles. The van der Waals surface area contributed by atoms with Gasteiger partial charge < -0.3 is 14.4 Å². The number of fused-ring (bicyclic) bond motifs is 1. The third kappa shape index (κ3) is 4.44. The number of nitrogens with zero attached hydrogens (tertiary/aromatic N) is 5. The van der Waals surface area contributed by atoms with Crippen LogP contribution in [0, 0.1) is 6.92 Å². The van der Waals surface area contributed by atoms with E-state index in [4.69, 9.17) is 9.40 Å². The zero-order valence-corrected chi connectivity index (χ0v) is 20.4. The summed E-state index contributed by atoms with van der Waals surface area (Å²) in [5.41, 5.74) is 1.60. The SMILES string of the molecule is Cc1cc(-c2nnc(N=C3CC(O)(C(F)F)C3)o2)nc2c(C(C)(C)C)cc(N3CCC(F)(F)C3)cc12. The number of hydrogen-bond acceptors (Lipinski definition) is 7. The normalized spacial score (nSPS) is 21.9. The number of alkyl halides is 4. The first kappa shape index (κ1) is 24.6. The number of anilines is 1. The van der Waals surface area contributed by atoms with Crippen LogP contribution in [0.3, 0.4) is 0 Å². The van der Waals surface area contributed by atoms with Gasteiger partial charge in [0.25, 0.3) is 18.2 Å². The molecule has 0 amide bonds. The third-order valence-corrected chi connectivity index (χ3v) is 6.76. The van der Waals surface area contributed by atoms with Crippen LogP contribution >= 0.6 is 0 Å². The highest BCUT2D eigenvalue weighted by atomic mass is 19.3. The van der Waals surface area contributed by atoms with Crippen LogP contribution in [0.5, 0.6) is 0 Å². The van der Waals surface area contributed by atoms with Crippen LogP contribution in [0.4, 0.5) is 29.3 Å². The summed E-state index contributed by atoms with van der Waals surface area (Å²) >= 11 is 0. The lowest BCUT2D eigenvalue weighted by Crippen LogP contribution is -2.50. The lowest BCUT2D eigenvalue weighted by molar-refractivity contribution is -0.102. The predicted molar refractivity (Wildman–Crippen MR) is 128 cm³/mol. The van der Waals surface area contributed by atoms with E-state index in [9.17, 15) is 22.7 Å². The lowest BCUT2D eigenvalue weighted by Gasteiger charge is -2.36. The van der Waals surface area contributed by atoms with Gasteiger partial charge in [0.05, 0.1) is 12.1 Å². The van der Waals surface area contributed by atoms with E-state index in [1.165, 1.54) is 0 Å². The van der Waals surface area contributed by atoms with E-state index in [2.05, 4.69) is 15.2 Å². The molecule has 1 aromatic carbocycles. The second-order valence-electron chi connectivity index (χ2n) is 10.8. The van der Waals surface area contributed by atoms with Crippen LogP contribution in [0.2, 0.25) is 0 Å². The molecule has 0 atom stereocenters. The number of aryl methyl sites for hydroxylation is 1. The molecule has 1 N–H and O–H groups in total. The van der Waals surface area contributed by atoms with Gasteiger partial charge in [-0.3, -0.25) is 0 Å². The summed E-state index contributed by atoms with van der Waals surface area (Å²) in [6, 6.07) is 5.49. The second kappa shape index (κ2) is 8.22. The minimum atomic E-state index is -2.85. The predicted octanol–water partition coefficient (Wildman–Crippen LogP) is 5.60. The fraction of sp³-hybridized carbons (Fsp3) is 0.520. The quantitative estimate of drug-likeness (QED) is 0.465. The van der Waals surface area contributed by atoms with Crippen molar-refractivity contribution in [3.05, 3.63) is 29.3 Å². The molecule has 1 aliphatic carbocycles. The summed E-state index contributed by atoms with van der Waals surface area (Å²) in [6.07, 6.45) is -3.53. The smallest absolute Gasteiger partial charge is 0.342 e. The molecular formula is C25H27F4N5O2. The van der Waals surface area contributed by atoms with Crippen molar-refractivity contribution in [2.45, 2.75) is 70.3 Å². The maximum absolute atomic E-state index is 13.9. The number of aliphatic imine (C=N–C) groups is 1. The fourth-order valence-corrected chi connectivity index (χ4v) is 4.68. The van der Waals surface area contributed by atoms with E-state index < -0.39 is 17.9 Å². The van der Waals surface area contributed by atoms with Gasteiger partial charge in [0.2, 0.25) is 0 Å². The Bertz CT molecular complexity index is 1350. The fourth-order valence-electron chi connectivity index (χ4n) is 4.68. The summed E-state index contributed by atoms with van der Waals surface area (Å²) < 4.78 is 59.1. The van der Waals surface area contributed by atoms with Crippen molar-refractivity contribution in [3.63, 3.8) is 0 Å². The van der Waals surface area contributed by atoms with Crippen molar-refractivity contribution in [3.8, 4) is 11.6 Å². The molecule has 0 bridgehead atoms. The van der Waals surface area contributed by atoms with Gasteiger partial charge in [-0.1, -0.05) is 25.9 Å². The summed E-state index contributed by atoms with van der Waals surface area (Å²) in [5.74, 6) is -2.59. The second-order valence-corrected chi connectivity index (χ2v) is 10.8. The van der Waals surface area contributed by atoms with Crippen molar-refractivity contribution in [2.75, 3.05) is 18.0 Å². The van der Waals surface area contributed by atoms with Crippen LogP contribution in [0.1, 0.15) is 51.2 Å². The van der Waals surface area contributed by atoms with Crippen molar-refractivity contribution in [1.29, 1.82) is 0 Å². The highest BCUT2D eigenvalue weighted by Crippen LogP contribution is 2.39. The molecular weight excluding hydrogens is 478 g/mol. The van der Waals surface area contributed by atoms with Gasteiger partial charge in [-0.15, -0.1) is 5.10 Å². The number of hydrogen-bond donors (Lipinski definition) is 1. The van der Waals surface area contributed by atoms with Crippen molar-refractivity contribution >= 4 is 28.3 Å². The third-order valence-electron chi connectivity index (χ3n) is 6.76. The Morgan fingerprint density at radius 3 is 2.47 bits per heavy atom. The van der Waals surface area contributed by atoms with Crippen LogP contribution < -0.4 is 4.90 Å². The molecule has 1 saturated carbocycles. The van der Waals surface area contributed by atoms with Gasteiger partial charge in [0.1, 0.15) is 11.3 Å². The average molecular weight is 506 g/mol. The molecule has 1 saturated heterocycles. The molecule has 11 heteroatoms. The number of aliphatic hydroxyl groups is 1. The molecule has 5 rings (SSSR count). The molecule has 7 nitrogen and oxygen atoms in total. The first-order valence-electron chi connectivity index (χ1n) is 11.7. The van der Waals surface area contributed by atoms with Gasteiger partial charge in [-0.2, -0.15) is 0 Å². The largest absolute Gasteiger partial charge is 0.400 e. The summed E-state index contributed by atoms with van der Waals surface area (Å²) in [6.45, 7) is 7.98. The molecule has 192 valence electrons. The highest BCUT2D eigenvalue weighted by Gasteiger charge is 2.48. The zero-order chi connectivity index (χ0) is 26.0. The Labute approximate surface area is 205 Å². The van der Waals surface area contributed by atoms with E-state index in [1.54, 1.807) is 11.0 Å². The molecule has 3 aromatic rings. The molecule has 2 aromatic heterocycles. The number of pyridine rings is 1. The van der Waals surface area contributed by atoms with E-state index in [0.29, 0.717) is 16.9 Å². The Kier molecular flexibility index (Phi) is 5.62. The van der Waals surface area contributed by atoms with Crippen LogP contribution in [0.15, 0.2) is 27.6 Å². The minimum absolute atomic E-state index is 0.0998. The highest BCUT2D eigenvalue weighted by molar-refractivity contribution is 5.94. The Morgan fingerprint density at radius 1 is 1.14 bits per heavy atom. The Morgan fingerprint density at radius 2 is 1.86 bits per heavy atom. The number of aromatic nitrogens is 3. The summed E-state index contributed by atoms with van der Waals surface area (Å²) in [7, 11) is 0. The van der Waals surface area contributed by atoms with Crippen molar-refractivity contribution in [2.24, 2.45) is 4.99 Å². The van der Waals surface area contributed by atoms with Gasteiger partial charge in [-0.25, -0.2) is 27.5 Å². The van der Waals surface area contributed by atoms with Crippen LogP contribution in [0.25, 0.3) is 22.5 Å². The Balaban J connectivity index is 1.51. The van der Waals surface area contributed by atoms with Gasteiger partial charge in [0.15, 0.2) is 0 Å². The minimum Gasteiger partial charge on any atom is -0.400 e. The van der Waals surface area contributed by atoms with E-state index >= 15 is 0 Å². The molecule has 2 aliphatic rings. The first-order chi connectivity index (χ1) is 16.7. The van der Waals surface area contributed by atoms with Crippen LogP contribution in [-0.4, -0.2) is 57.0 Å². The Hall–Kier alpha value is -3.08. The average Bonchev–Trinajstić information content (AvgIpc) is 3.37. The van der Waals surface area contributed by atoms with E-state index in [0.717, 1.165) is 22.2 Å². The number of halogens is 4. The van der Waals surface area contributed by atoms with Gasteiger partial charge >= 0.3 is 6.01 Å². The van der Waals surface area contributed by atoms with Gasteiger partial charge in [-0.05, 0) is 41.7 Å². The monoisotopic (exact) mass is 505 g/mol. The van der Waals surface area contributed by atoms with Crippen molar-refractivity contribution < 1.29 is 27.1 Å². The van der Waals surface area contributed by atoms with Crippen molar-refractivity contribution in [1.82, 2.24) is 15.2 Å². The number of benzene rings is 1. The molecule has 0 spiro atoms. The zero-order valence-electron chi connectivity index (χ0n) is 20.4. The standard InChI is InChI=1S/C25H27F4N5O2/c1-13-7-18(20-32-33-22(36-20)30-14-10-24(35,11-14)21(26)27)31-19-16(13)8-15(9-17(19)23(2,3)4)34-6-5-25(28,29)12-34/h7-9,21,35H,5-6,10-12H2,1-4H3. The molecule has 2 fully saturated rings. The van der Waals surface area contributed by atoms with E-state index in [-0.39, 0.29) is 49.7 Å². The summed E-state index contributed by atoms with van der Waals surface area (Å²) in [5, 5.41) is 18.4. The molecule has 36 heavy (non-hydrogen) atoms.